The number of thiophene rings is 1. The minimum atomic E-state index is 0.795. The number of fused-ring (bicyclic) bond motifs is 2. The van der Waals surface area contributed by atoms with Gasteiger partial charge in [-0.2, -0.15) is 0 Å². The van der Waals surface area contributed by atoms with Crippen LogP contribution in [0.3, 0.4) is 0 Å². The highest BCUT2D eigenvalue weighted by atomic mass is 32.1. The van der Waals surface area contributed by atoms with Crippen LogP contribution in [0.25, 0.3) is 21.5 Å². The average molecular weight is 358 g/mol. The summed E-state index contributed by atoms with van der Waals surface area (Å²) in [5, 5.41) is 3.68. The first-order valence-corrected chi connectivity index (χ1v) is 9.67. The second-order valence-corrected chi connectivity index (χ2v) is 7.53. The van der Waals surface area contributed by atoms with Crippen molar-refractivity contribution in [1.29, 1.82) is 0 Å². The number of rotatable bonds is 3. The van der Waals surface area contributed by atoms with Crippen molar-refractivity contribution in [3.8, 4) is 11.4 Å². The summed E-state index contributed by atoms with van der Waals surface area (Å²) in [5.41, 5.74) is 4.87. The van der Waals surface area contributed by atoms with Gasteiger partial charge in [-0.15, -0.1) is 11.3 Å². The lowest BCUT2D eigenvalue weighted by atomic mass is 10.1. The van der Waals surface area contributed by atoms with Crippen LogP contribution in [-0.4, -0.2) is 26.4 Å². The first kappa shape index (κ1) is 15.6. The molecule has 128 valence electrons. The number of aromatic nitrogens is 3. The summed E-state index contributed by atoms with van der Waals surface area (Å²) in [5.74, 6) is 0.795. The number of pyridine rings is 1. The summed E-state index contributed by atoms with van der Waals surface area (Å²) in [4.78, 5) is 15.9. The fourth-order valence-electron chi connectivity index (χ4n) is 3.55. The van der Waals surface area contributed by atoms with E-state index in [9.17, 15) is 0 Å². The molecule has 1 aliphatic heterocycles. The maximum Gasteiger partial charge on any atom is 0.159 e. The third-order valence-corrected chi connectivity index (χ3v) is 5.92. The molecule has 1 aliphatic rings. The van der Waals surface area contributed by atoms with Gasteiger partial charge in [0.25, 0.3) is 0 Å². The van der Waals surface area contributed by atoms with Crippen LogP contribution in [-0.2, 0) is 19.5 Å². The van der Waals surface area contributed by atoms with Gasteiger partial charge in [-0.3, -0.25) is 9.88 Å². The van der Waals surface area contributed by atoms with Crippen molar-refractivity contribution in [2.45, 2.75) is 19.5 Å². The highest BCUT2D eigenvalue weighted by Gasteiger charge is 2.19. The summed E-state index contributed by atoms with van der Waals surface area (Å²) >= 11 is 1.83. The highest BCUT2D eigenvalue weighted by Crippen LogP contribution is 2.28. The molecular weight excluding hydrogens is 340 g/mol. The molecule has 0 unspecified atom stereocenters. The molecule has 4 nitrogen and oxygen atoms in total. The number of nitrogens with zero attached hydrogens (tertiary/aromatic N) is 4. The molecule has 3 aromatic heterocycles. The first-order chi connectivity index (χ1) is 12.9. The largest absolute Gasteiger partial charge is 0.294 e. The summed E-state index contributed by atoms with van der Waals surface area (Å²) in [6, 6.07) is 12.6. The lowest BCUT2D eigenvalue weighted by Crippen LogP contribution is -2.30. The molecule has 0 saturated carbocycles. The second kappa shape index (κ2) is 6.59. The van der Waals surface area contributed by atoms with Gasteiger partial charge < -0.3 is 0 Å². The zero-order valence-corrected chi connectivity index (χ0v) is 15.1. The molecule has 1 aromatic carbocycles. The highest BCUT2D eigenvalue weighted by molar-refractivity contribution is 7.17. The van der Waals surface area contributed by atoms with Crippen LogP contribution in [0.4, 0.5) is 0 Å². The van der Waals surface area contributed by atoms with Crippen LogP contribution in [0.2, 0.25) is 0 Å². The summed E-state index contributed by atoms with van der Waals surface area (Å²) < 4.78 is 1.37. The molecule has 4 aromatic rings. The predicted octanol–water partition coefficient (Wildman–Crippen LogP) is 4.31. The van der Waals surface area contributed by atoms with Gasteiger partial charge >= 0.3 is 0 Å². The maximum atomic E-state index is 4.80. The van der Waals surface area contributed by atoms with Gasteiger partial charge in [0, 0.05) is 60.5 Å². The van der Waals surface area contributed by atoms with Crippen LogP contribution < -0.4 is 0 Å². The molecule has 0 spiro atoms. The minimum absolute atomic E-state index is 0.795. The van der Waals surface area contributed by atoms with E-state index in [2.05, 4.69) is 44.5 Å². The molecular formula is C21H18N4S. The third kappa shape index (κ3) is 2.89. The van der Waals surface area contributed by atoms with Crippen LogP contribution in [0.1, 0.15) is 16.8 Å². The fourth-order valence-corrected chi connectivity index (χ4v) is 4.50. The Kier molecular flexibility index (Phi) is 3.96. The normalized spacial score (nSPS) is 14.5. The van der Waals surface area contributed by atoms with Crippen molar-refractivity contribution in [2.75, 3.05) is 6.54 Å². The standard InChI is InChI=1S/C21H18N4S/c1-2-4-20-18(3-1)17(14-26-20)13-25-10-7-19-16(12-25)11-23-21(24-19)15-5-8-22-9-6-15/h1-6,8-9,11,14H,7,10,12-13H2. The molecule has 0 saturated heterocycles. The third-order valence-electron chi connectivity index (χ3n) is 4.91. The molecule has 0 amide bonds. The Balaban J connectivity index is 1.37. The molecule has 5 rings (SSSR count). The van der Waals surface area contributed by atoms with Crippen molar-refractivity contribution in [1.82, 2.24) is 19.9 Å². The van der Waals surface area contributed by atoms with Gasteiger partial charge in [0.05, 0.1) is 5.69 Å². The fraction of sp³-hybridized carbons (Fsp3) is 0.190. The lowest BCUT2D eigenvalue weighted by molar-refractivity contribution is 0.244. The van der Waals surface area contributed by atoms with E-state index in [1.54, 1.807) is 12.4 Å². The summed E-state index contributed by atoms with van der Waals surface area (Å²) in [6.07, 6.45) is 6.53. The van der Waals surface area contributed by atoms with Crippen molar-refractivity contribution in [3.05, 3.63) is 77.2 Å². The van der Waals surface area contributed by atoms with Gasteiger partial charge in [-0.1, -0.05) is 18.2 Å². The molecule has 0 fully saturated rings. The van der Waals surface area contributed by atoms with Gasteiger partial charge in [-0.05, 0) is 34.5 Å². The number of hydrogen-bond acceptors (Lipinski definition) is 5. The number of hydrogen-bond donors (Lipinski definition) is 0. The Morgan fingerprint density at radius 2 is 1.96 bits per heavy atom. The Morgan fingerprint density at radius 3 is 2.88 bits per heavy atom. The van der Waals surface area contributed by atoms with Crippen LogP contribution in [0, 0.1) is 0 Å². The van der Waals surface area contributed by atoms with E-state index in [-0.39, 0.29) is 0 Å². The van der Waals surface area contributed by atoms with Gasteiger partial charge in [0.2, 0.25) is 0 Å². The van der Waals surface area contributed by atoms with E-state index in [0.717, 1.165) is 37.4 Å². The monoisotopic (exact) mass is 358 g/mol. The molecule has 0 aliphatic carbocycles. The van der Waals surface area contributed by atoms with Crippen molar-refractivity contribution >= 4 is 21.4 Å². The Hall–Kier alpha value is -2.63. The molecule has 26 heavy (non-hydrogen) atoms. The second-order valence-electron chi connectivity index (χ2n) is 6.62. The molecule has 4 heterocycles. The predicted molar refractivity (Wildman–Crippen MR) is 105 cm³/mol. The lowest BCUT2D eigenvalue weighted by Gasteiger charge is -2.28. The maximum absolute atomic E-state index is 4.80. The topological polar surface area (TPSA) is 41.9 Å². The summed E-state index contributed by atoms with van der Waals surface area (Å²) in [7, 11) is 0. The Morgan fingerprint density at radius 1 is 1.08 bits per heavy atom. The average Bonchev–Trinajstić information content (AvgIpc) is 3.11. The molecule has 5 heteroatoms. The zero-order chi connectivity index (χ0) is 17.3. The van der Waals surface area contributed by atoms with E-state index < -0.39 is 0 Å². The Labute approximate surface area is 156 Å². The van der Waals surface area contributed by atoms with E-state index in [4.69, 9.17) is 4.98 Å². The molecule has 0 N–H and O–H groups in total. The van der Waals surface area contributed by atoms with E-state index in [1.807, 2.05) is 29.7 Å². The summed E-state index contributed by atoms with van der Waals surface area (Å²) in [6.45, 7) is 2.93. The molecule has 0 bridgehead atoms. The molecule has 0 radical (unpaired) electrons. The van der Waals surface area contributed by atoms with Gasteiger partial charge in [0.1, 0.15) is 0 Å². The van der Waals surface area contributed by atoms with E-state index in [1.165, 1.54) is 26.9 Å². The van der Waals surface area contributed by atoms with Gasteiger partial charge in [-0.25, -0.2) is 9.97 Å². The smallest absolute Gasteiger partial charge is 0.159 e. The van der Waals surface area contributed by atoms with E-state index >= 15 is 0 Å². The van der Waals surface area contributed by atoms with Crippen LogP contribution in [0.15, 0.2) is 60.4 Å². The zero-order valence-electron chi connectivity index (χ0n) is 14.3. The molecule has 0 atom stereocenters. The van der Waals surface area contributed by atoms with E-state index in [0.29, 0.717) is 0 Å². The Bertz CT molecular complexity index is 1060. The number of benzene rings is 1. The quantitative estimate of drug-likeness (QED) is 0.547. The van der Waals surface area contributed by atoms with Gasteiger partial charge in [0.15, 0.2) is 5.82 Å². The SMILES string of the molecule is c1ccc2c(CN3CCc4nc(-c5ccncc5)ncc4C3)csc2c1. The van der Waals surface area contributed by atoms with Crippen molar-refractivity contribution in [2.24, 2.45) is 0 Å². The van der Waals surface area contributed by atoms with Crippen LogP contribution >= 0.6 is 11.3 Å². The van der Waals surface area contributed by atoms with Crippen LogP contribution in [0.5, 0.6) is 0 Å². The minimum Gasteiger partial charge on any atom is -0.294 e. The van der Waals surface area contributed by atoms with Crippen molar-refractivity contribution < 1.29 is 0 Å². The first-order valence-electron chi connectivity index (χ1n) is 8.79. The van der Waals surface area contributed by atoms with Crippen molar-refractivity contribution in [3.63, 3.8) is 0 Å².